The van der Waals surface area contributed by atoms with Gasteiger partial charge in [0.2, 0.25) is 0 Å². The lowest BCUT2D eigenvalue weighted by atomic mass is 9.92. The smallest absolute Gasteiger partial charge is 0.324 e. The van der Waals surface area contributed by atoms with Gasteiger partial charge in [0.1, 0.15) is 11.6 Å². The van der Waals surface area contributed by atoms with Crippen molar-refractivity contribution in [2.24, 2.45) is 11.7 Å². The van der Waals surface area contributed by atoms with Gasteiger partial charge in [0, 0.05) is 5.02 Å². The molecule has 3 N–H and O–H groups in total. The number of rotatable bonds is 5. The third kappa shape index (κ3) is 5.73. The average Bonchev–Trinajstić information content (AvgIpc) is 2.34. The Bertz CT molecular complexity index is 507. The van der Waals surface area contributed by atoms with Crippen LogP contribution < -0.4 is 5.73 Å². The molecule has 1 aromatic rings. The molecule has 0 aliphatic heterocycles. The van der Waals surface area contributed by atoms with Crippen molar-refractivity contribution in [1.29, 1.82) is 0 Å². The number of benzene rings is 1. The van der Waals surface area contributed by atoms with E-state index in [-0.39, 0.29) is 6.42 Å². The standard InChI is InChI=1S/C15H20ClNO4/c1-15(2,3)21-14(20)12(17)11(13(18)19)8-9-4-6-10(16)7-5-9/h4-7,11-12H,8,17H2,1-3H3,(H,18,19). The summed E-state index contributed by atoms with van der Waals surface area (Å²) in [6.07, 6.45) is 0.132. The highest BCUT2D eigenvalue weighted by Crippen LogP contribution is 2.18. The van der Waals surface area contributed by atoms with E-state index in [0.29, 0.717) is 5.02 Å². The van der Waals surface area contributed by atoms with Crippen LogP contribution in [-0.4, -0.2) is 28.7 Å². The van der Waals surface area contributed by atoms with E-state index < -0.39 is 29.5 Å². The molecular formula is C15H20ClNO4. The van der Waals surface area contributed by atoms with Crippen molar-refractivity contribution in [3.63, 3.8) is 0 Å². The zero-order valence-corrected chi connectivity index (χ0v) is 13.1. The largest absolute Gasteiger partial charge is 0.481 e. The summed E-state index contributed by atoms with van der Waals surface area (Å²) >= 11 is 5.78. The van der Waals surface area contributed by atoms with Gasteiger partial charge in [-0.25, -0.2) is 0 Å². The summed E-state index contributed by atoms with van der Waals surface area (Å²) in [4.78, 5) is 23.3. The molecule has 0 aliphatic carbocycles. The van der Waals surface area contributed by atoms with Gasteiger partial charge in [-0.1, -0.05) is 23.7 Å². The first-order valence-electron chi connectivity index (χ1n) is 6.56. The molecule has 116 valence electrons. The van der Waals surface area contributed by atoms with Crippen LogP contribution in [0.2, 0.25) is 5.02 Å². The molecular weight excluding hydrogens is 294 g/mol. The number of carbonyl (C=O) groups is 2. The molecule has 2 unspecified atom stereocenters. The highest BCUT2D eigenvalue weighted by atomic mass is 35.5. The van der Waals surface area contributed by atoms with Crippen molar-refractivity contribution in [2.75, 3.05) is 0 Å². The van der Waals surface area contributed by atoms with Crippen LogP contribution in [-0.2, 0) is 20.7 Å². The fourth-order valence-corrected chi connectivity index (χ4v) is 1.90. The van der Waals surface area contributed by atoms with Crippen LogP contribution in [0.5, 0.6) is 0 Å². The van der Waals surface area contributed by atoms with Gasteiger partial charge in [0.05, 0.1) is 5.92 Å². The van der Waals surface area contributed by atoms with Crippen LogP contribution in [0.3, 0.4) is 0 Å². The van der Waals surface area contributed by atoms with E-state index in [1.807, 2.05) is 0 Å². The maximum absolute atomic E-state index is 11.9. The molecule has 21 heavy (non-hydrogen) atoms. The molecule has 1 aromatic carbocycles. The maximum atomic E-state index is 11.9. The van der Waals surface area contributed by atoms with Crippen LogP contribution in [0.25, 0.3) is 0 Å². The molecule has 0 radical (unpaired) electrons. The number of carboxylic acid groups (broad SMARTS) is 1. The molecule has 6 heteroatoms. The van der Waals surface area contributed by atoms with Crippen molar-refractivity contribution in [2.45, 2.75) is 38.8 Å². The Morgan fingerprint density at radius 2 is 1.81 bits per heavy atom. The Morgan fingerprint density at radius 3 is 2.24 bits per heavy atom. The summed E-state index contributed by atoms with van der Waals surface area (Å²) in [5, 5.41) is 9.85. The normalized spacial score (nSPS) is 14.3. The molecule has 0 fully saturated rings. The number of hydrogen-bond acceptors (Lipinski definition) is 4. The zero-order chi connectivity index (χ0) is 16.2. The predicted molar refractivity (Wildman–Crippen MR) is 80.1 cm³/mol. The van der Waals surface area contributed by atoms with E-state index in [0.717, 1.165) is 5.56 Å². The summed E-state index contributed by atoms with van der Waals surface area (Å²) in [5.41, 5.74) is 5.80. The fraction of sp³-hybridized carbons (Fsp3) is 0.467. The third-order valence-corrected chi connectivity index (χ3v) is 3.05. The van der Waals surface area contributed by atoms with E-state index in [1.165, 1.54) is 0 Å². The van der Waals surface area contributed by atoms with Crippen molar-refractivity contribution >= 4 is 23.5 Å². The first-order chi connectivity index (χ1) is 9.60. The number of ether oxygens (including phenoxy) is 1. The molecule has 2 atom stereocenters. The lowest BCUT2D eigenvalue weighted by Gasteiger charge is -2.25. The second-order valence-electron chi connectivity index (χ2n) is 5.83. The number of carbonyl (C=O) groups excluding carboxylic acids is 1. The number of halogens is 1. The molecule has 0 bridgehead atoms. The van der Waals surface area contributed by atoms with Gasteiger partial charge in [-0.05, 0) is 44.9 Å². The minimum atomic E-state index is -1.22. The summed E-state index contributed by atoms with van der Waals surface area (Å²) in [7, 11) is 0. The minimum absolute atomic E-state index is 0.132. The first kappa shape index (κ1) is 17.5. The Morgan fingerprint density at radius 1 is 1.29 bits per heavy atom. The molecule has 0 saturated heterocycles. The first-order valence-corrected chi connectivity index (χ1v) is 6.93. The molecule has 0 aromatic heterocycles. The van der Waals surface area contributed by atoms with Gasteiger partial charge in [0.15, 0.2) is 0 Å². The quantitative estimate of drug-likeness (QED) is 0.814. The average molecular weight is 314 g/mol. The summed E-state index contributed by atoms with van der Waals surface area (Å²) in [5.74, 6) is -2.91. The predicted octanol–water partition coefficient (Wildman–Crippen LogP) is 2.25. The van der Waals surface area contributed by atoms with E-state index >= 15 is 0 Å². The zero-order valence-electron chi connectivity index (χ0n) is 12.3. The van der Waals surface area contributed by atoms with E-state index in [4.69, 9.17) is 22.1 Å². The van der Waals surface area contributed by atoms with E-state index in [9.17, 15) is 14.7 Å². The third-order valence-electron chi connectivity index (χ3n) is 2.80. The second kappa shape index (κ2) is 6.91. The monoisotopic (exact) mass is 313 g/mol. The van der Waals surface area contributed by atoms with Crippen LogP contribution in [0.4, 0.5) is 0 Å². The topological polar surface area (TPSA) is 89.6 Å². The Labute approximate surface area is 129 Å². The van der Waals surface area contributed by atoms with Gasteiger partial charge in [-0.2, -0.15) is 0 Å². The molecule has 0 aliphatic rings. The SMILES string of the molecule is CC(C)(C)OC(=O)C(N)C(Cc1ccc(Cl)cc1)C(=O)O. The van der Waals surface area contributed by atoms with Gasteiger partial charge in [-0.15, -0.1) is 0 Å². The lowest BCUT2D eigenvalue weighted by molar-refractivity contribution is -0.161. The van der Waals surface area contributed by atoms with Crippen LogP contribution >= 0.6 is 11.6 Å². The lowest BCUT2D eigenvalue weighted by Crippen LogP contribution is -2.46. The molecule has 0 spiro atoms. The number of carboxylic acids is 1. The van der Waals surface area contributed by atoms with Crippen molar-refractivity contribution in [3.05, 3.63) is 34.9 Å². The van der Waals surface area contributed by atoms with Crippen molar-refractivity contribution < 1.29 is 19.4 Å². The minimum Gasteiger partial charge on any atom is -0.481 e. The Kier molecular flexibility index (Phi) is 5.75. The Balaban J connectivity index is 2.83. The molecule has 0 amide bonds. The van der Waals surface area contributed by atoms with Crippen molar-refractivity contribution in [1.82, 2.24) is 0 Å². The number of hydrogen-bond donors (Lipinski definition) is 2. The second-order valence-corrected chi connectivity index (χ2v) is 6.27. The van der Waals surface area contributed by atoms with Crippen LogP contribution in [0, 0.1) is 5.92 Å². The van der Waals surface area contributed by atoms with Crippen LogP contribution in [0.15, 0.2) is 24.3 Å². The summed E-state index contributed by atoms with van der Waals surface area (Å²) in [6, 6.07) is 5.52. The number of aliphatic carboxylic acids is 1. The molecule has 0 saturated carbocycles. The maximum Gasteiger partial charge on any atom is 0.324 e. The highest BCUT2D eigenvalue weighted by Gasteiger charge is 2.33. The number of nitrogens with two attached hydrogens (primary N) is 1. The number of esters is 1. The van der Waals surface area contributed by atoms with Gasteiger partial charge in [-0.3, -0.25) is 9.59 Å². The summed E-state index contributed by atoms with van der Waals surface area (Å²) < 4.78 is 5.14. The van der Waals surface area contributed by atoms with Gasteiger partial charge >= 0.3 is 11.9 Å². The van der Waals surface area contributed by atoms with Gasteiger partial charge in [0.25, 0.3) is 0 Å². The Hall–Kier alpha value is -1.59. The van der Waals surface area contributed by atoms with E-state index in [1.54, 1.807) is 45.0 Å². The van der Waals surface area contributed by atoms with E-state index in [2.05, 4.69) is 0 Å². The van der Waals surface area contributed by atoms with Crippen molar-refractivity contribution in [3.8, 4) is 0 Å². The van der Waals surface area contributed by atoms with Crippen LogP contribution in [0.1, 0.15) is 26.3 Å². The highest BCUT2D eigenvalue weighted by molar-refractivity contribution is 6.30. The molecule has 1 rings (SSSR count). The molecule has 5 nitrogen and oxygen atoms in total. The van der Waals surface area contributed by atoms with Gasteiger partial charge < -0.3 is 15.6 Å². The summed E-state index contributed by atoms with van der Waals surface area (Å²) in [6.45, 7) is 5.10. The molecule has 0 heterocycles. The fourth-order valence-electron chi connectivity index (χ4n) is 1.78.